The second kappa shape index (κ2) is 10.1. The molecule has 0 amide bonds. The Bertz CT molecular complexity index is 1160. The van der Waals surface area contributed by atoms with Crippen LogP contribution in [0, 0.1) is 13.8 Å². The van der Waals surface area contributed by atoms with Gasteiger partial charge in [-0.15, -0.1) is 0 Å². The molecule has 0 spiro atoms. The van der Waals surface area contributed by atoms with Gasteiger partial charge in [-0.25, -0.2) is 0 Å². The summed E-state index contributed by atoms with van der Waals surface area (Å²) >= 11 is 12.4. The van der Waals surface area contributed by atoms with Gasteiger partial charge < -0.3 is 14.8 Å². The Hall–Kier alpha value is -2.69. The maximum atomic E-state index is 10.7. The quantitative estimate of drug-likeness (QED) is 0.420. The van der Waals surface area contributed by atoms with Crippen LogP contribution in [-0.4, -0.2) is 23.9 Å². The summed E-state index contributed by atoms with van der Waals surface area (Å²) in [6, 6.07) is 25.7. The van der Waals surface area contributed by atoms with Crippen molar-refractivity contribution in [3.63, 3.8) is 0 Å². The number of halogens is 2. The predicted molar refractivity (Wildman–Crippen MR) is 140 cm³/mol. The topological polar surface area (TPSA) is 49.7 Å². The van der Waals surface area contributed by atoms with Gasteiger partial charge >= 0.3 is 13.8 Å². The van der Waals surface area contributed by atoms with E-state index in [-0.39, 0.29) is 0 Å². The molecule has 0 heterocycles. The largest absolute Gasteiger partial charge is 0.457 e. The van der Waals surface area contributed by atoms with Gasteiger partial charge in [0.25, 0.3) is 0 Å². The second-order valence-electron chi connectivity index (χ2n) is 8.06. The number of rotatable bonds is 6. The average molecular weight is 475 g/mol. The molecule has 4 rings (SSSR count). The first-order chi connectivity index (χ1) is 15.8. The van der Waals surface area contributed by atoms with Crippen LogP contribution in [0.1, 0.15) is 11.1 Å². The minimum Gasteiger partial charge on any atom is -0.457 e. The van der Waals surface area contributed by atoms with Gasteiger partial charge in [0, 0.05) is 10.0 Å². The molecule has 0 aliphatic rings. The molecule has 0 aromatic heterocycles. The Kier molecular flexibility index (Phi) is 7.16. The Balaban J connectivity index is 1.43. The molecular weight excluding hydrogens is 453 g/mol. The fraction of sp³-hybridized carbons (Fsp3) is 0.0769. The van der Waals surface area contributed by atoms with E-state index in [2.05, 4.69) is 0 Å². The molecule has 0 radical (unpaired) electrons. The van der Waals surface area contributed by atoms with Gasteiger partial charge in [-0.1, -0.05) is 71.7 Å². The van der Waals surface area contributed by atoms with Crippen molar-refractivity contribution in [3.05, 3.63) is 106 Å². The molecular formula is C26H22B2Cl2O3. The van der Waals surface area contributed by atoms with E-state index >= 15 is 0 Å². The third kappa shape index (κ3) is 5.45. The molecule has 0 aliphatic carbocycles. The zero-order valence-electron chi connectivity index (χ0n) is 18.3. The predicted octanol–water partition coefficient (Wildman–Crippen LogP) is 3.60. The van der Waals surface area contributed by atoms with Crippen LogP contribution in [0.3, 0.4) is 0 Å². The normalized spacial score (nSPS) is 10.7. The van der Waals surface area contributed by atoms with Crippen molar-refractivity contribution in [2.45, 2.75) is 13.8 Å². The summed E-state index contributed by atoms with van der Waals surface area (Å²) in [7, 11) is 0. The highest BCUT2D eigenvalue weighted by molar-refractivity contribution is 6.79. The first-order valence-corrected chi connectivity index (χ1v) is 11.3. The summed E-state index contributed by atoms with van der Waals surface area (Å²) in [6.07, 6.45) is 0. The van der Waals surface area contributed by atoms with E-state index in [9.17, 15) is 10.0 Å². The summed E-state index contributed by atoms with van der Waals surface area (Å²) in [6.45, 7) is 2.31. The Morgan fingerprint density at radius 2 is 0.879 bits per heavy atom. The molecule has 164 valence electrons. The fourth-order valence-electron chi connectivity index (χ4n) is 3.52. The molecule has 7 heteroatoms. The summed E-state index contributed by atoms with van der Waals surface area (Å²) < 4.78 is 5.92. The second-order valence-corrected chi connectivity index (χ2v) is 8.88. The molecule has 0 saturated heterocycles. The highest BCUT2D eigenvalue weighted by Crippen LogP contribution is 2.20. The molecule has 33 heavy (non-hydrogen) atoms. The number of hydrogen-bond acceptors (Lipinski definition) is 3. The van der Waals surface area contributed by atoms with Crippen LogP contribution >= 0.6 is 23.2 Å². The molecule has 0 fully saturated rings. The van der Waals surface area contributed by atoms with Crippen molar-refractivity contribution in [1.82, 2.24) is 0 Å². The Morgan fingerprint density at radius 3 is 1.21 bits per heavy atom. The van der Waals surface area contributed by atoms with Crippen molar-refractivity contribution in [2.75, 3.05) is 0 Å². The standard InChI is InChI=1S/C26H22B2Cl2O3/c1-17-3-5-21(15-25(17)29)27(31)19-7-11-23(12-8-19)33-24-13-9-20(10-14-24)28(32)22-6-4-18(2)26(30)16-22/h3-16,31-32H,1-2H3. The lowest BCUT2D eigenvalue weighted by molar-refractivity contribution is 0.483. The van der Waals surface area contributed by atoms with Crippen molar-refractivity contribution in [1.29, 1.82) is 0 Å². The Morgan fingerprint density at radius 1 is 0.545 bits per heavy atom. The monoisotopic (exact) mass is 474 g/mol. The smallest absolute Gasteiger partial charge is 0.359 e. The van der Waals surface area contributed by atoms with E-state index in [4.69, 9.17) is 27.9 Å². The van der Waals surface area contributed by atoms with Crippen LogP contribution in [0.15, 0.2) is 84.9 Å². The van der Waals surface area contributed by atoms with Gasteiger partial charge in [0.05, 0.1) is 0 Å². The summed E-state index contributed by atoms with van der Waals surface area (Å²) in [5.41, 5.74) is 4.91. The SMILES string of the molecule is Cc1ccc(B(O)c2ccc(Oc3ccc(B(O)c4ccc(C)c(Cl)c4)cc3)cc2)cc1Cl. The van der Waals surface area contributed by atoms with Crippen molar-refractivity contribution >= 4 is 58.9 Å². The third-order valence-electron chi connectivity index (χ3n) is 5.65. The molecule has 0 unspecified atom stereocenters. The van der Waals surface area contributed by atoms with Gasteiger partial charge in [-0.2, -0.15) is 0 Å². The third-order valence-corrected chi connectivity index (χ3v) is 6.47. The summed E-state index contributed by atoms with van der Waals surface area (Å²) in [5.74, 6) is 1.29. The molecule has 4 aromatic carbocycles. The lowest BCUT2D eigenvalue weighted by Crippen LogP contribution is -2.42. The van der Waals surface area contributed by atoms with E-state index < -0.39 is 13.8 Å². The van der Waals surface area contributed by atoms with E-state index in [1.165, 1.54) is 0 Å². The molecule has 0 aliphatic heterocycles. The number of hydrogen-bond donors (Lipinski definition) is 2. The zero-order valence-corrected chi connectivity index (χ0v) is 19.8. The molecule has 3 nitrogen and oxygen atoms in total. The summed E-state index contributed by atoms with van der Waals surface area (Å²) in [4.78, 5) is 0. The number of ether oxygens (including phenoxy) is 1. The van der Waals surface area contributed by atoms with Crippen LogP contribution in [0.25, 0.3) is 0 Å². The zero-order chi connectivity index (χ0) is 23.5. The molecule has 0 bridgehead atoms. The maximum Gasteiger partial charge on any atom is 0.359 e. The van der Waals surface area contributed by atoms with Crippen LogP contribution < -0.4 is 26.6 Å². The van der Waals surface area contributed by atoms with Crippen LogP contribution in [-0.2, 0) is 0 Å². The lowest BCUT2D eigenvalue weighted by atomic mass is 9.56. The van der Waals surface area contributed by atoms with Crippen molar-refractivity contribution in [3.8, 4) is 11.5 Å². The van der Waals surface area contributed by atoms with Crippen molar-refractivity contribution in [2.24, 2.45) is 0 Å². The first-order valence-electron chi connectivity index (χ1n) is 10.6. The van der Waals surface area contributed by atoms with E-state index in [1.54, 1.807) is 12.1 Å². The number of aryl methyl sites for hydroxylation is 2. The van der Waals surface area contributed by atoms with Gasteiger partial charge in [0.1, 0.15) is 11.5 Å². The van der Waals surface area contributed by atoms with Gasteiger partial charge in [-0.05, 0) is 83.2 Å². The average Bonchev–Trinajstić information content (AvgIpc) is 2.83. The maximum absolute atomic E-state index is 10.7. The van der Waals surface area contributed by atoms with Crippen LogP contribution in [0.2, 0.25) is 10.0 Å². The highest BCUT2D eigenvalue weighted by atomic mass is 35.5. The molecule has 0 atom stereocenters. The highest BCUT2D eigenvalue weighted by Gasteiger charge is 2.19. The van der Waals surface area contributed by atoms with Gasteiger partial charge in [0.15, 0.2) is 0 Å². The van der Waals surface area contributed by atoms with E-state index in [1.807, 2.05) is 86.6 Å². The van der Waals surface area contributed by atoms with Crippen LogP contribution in [0.4, 0.5) is 0 Å². The van der Waals surface area contributed by atoms with Crippen molar-refractivity contribution < 1.29 is 14.8 Å². The minimum absolute atomic E-state index is 0.630. The summed E-state index contributed by atoms with van der Waals surface area (Å²) in [5, 5.41) is 22.6. The molecule has 2 N–H and O–H groups in total. The molecule has 4 aromatic rings. The molecule has 0 saturated carbocycles. The first kappa shape index (κ1) is 23.5. The van der Waals surface area contributed by atoms with Gasteiger partial charge in [0.2, 0.25) is 0 Å². The van der Waals surface area contributed by atoms with Gasteiger partial charge in [-0.3, -0.25) is 0 Å². The Labute approximate surface area is 204 Å². The van der Waals surface area contributed by atoms with E-state index in [0.717, 1.165) is 33.0 Å². The lowest BCUT2D eigenvalue weighted by Gasteiger charge is -2.12. The minimum atomic E-state index is -0.770. The van der Waals surface area contributed by atoms with E-state index in [0.29, 0.717) is 21.5 Å². The van der Waals surface area contributed by atoms with Crippen LogP contribution in [0.5, 0.6) is 11.5 Å². The number of benzene rings is 4. The fourth-order valence-corrected chi connectivity index (χ4v) is 3.89.